The summed E-state index contributed by atoms with van der Waals surface area (Å²) in [5.74, 6) is -1.79. The molecule has 0 saturated heterocycles. The third kappa shape index (κ3) is 4.43. The number of aliphatic hydroxyl groups is 1. The maximum atomic E-state index is 11.7. The molecule has 8 nitrogen and oxygen atoms in total. The van der Waals surface area contributed by atoms with Gasteiger partial charge < -0.3 is 25.5 Å². The number of carbonyl (C=O) groups is 3. The zero-order valence-electron chi connectivity index (χ0n) is 10.3. The first kappa shape index (κ1) is 14.7. The molecule has 8 heteroatoms. The first-order valence-corrected chi connectivity index (χ1v) is 5.45. The number of likely N-dealkylation sites (N-methyl/N-ethyl adjacent to an activating group) is 1. The van der Waals surface area contributed by atoms with Crippen LogP contribution in [0.4, 0.5) is 0 Å². The van der Waals surface area contributed by atoms with E-state index in [1.807, 2.05) is 0 Å². The zero-order valence-corrected chi connectivity index (χ0v) is 10.3. The molecule has 104 valence electrons. The molecule has 0 aromatic carbocycles. The van der Waals surface area contributed by atoms with Gasteiger partial charge in [0.15, 0.2) is 5.76 Å². The quantitative estimate of drug-likeness (QED) is 0.568. The minimum absolute atomic E-state index is 0.118. The van der Waals surface area contributed by atoms with Gasteiger partial charge in [-0.05, 0) is 12.1 Å². The van der Waals surface area contributed by atoms with Crippen molar-refractivity contribution in [1.82, 2.24) is 10.2 Å². The summed E-state index contributed by atoms with van der Waals surface area (Å²) in [5.41, 5.74) is 4.82. The fourth-order valence-electron chi connectivity index (χ4n) is 1.24. The second-order valence-electron chi connectivity index (χ2n) is 3.86. The second-order valence-corrected chi connectivity index (χ2v) is 3.86. The number of furan rings is 1. The molecular weight excluding hydrogens is 254 g/mol. The number of amides is 3. The predicted molar refractivity (Wildman–Crippen MR) is 63.9 cm³/mol. The smallest absolute Gasteiger partial charge is 0.289 e. The highest BCUT2D eigenvalue weighted by Crippen LogP contribution is 2.03. The van der Waals surface area contributed by atoms with Crippen molar-refractivity contribution in [2.75, 3.05) is 20.1 Å². The number of nitrogens with two attached hydrogens (primary N) is 1. The average molecular weight is 269 g/mol. The minimum Gasteiger partial charge on any atom is -0.459 e. The Morgan fingerprint density at radius 3 is 2.74 bits per heavy atom. The molecule has 3 amide bonds. The highest BCUT2D eigenvalue weighted by Gasteiger charge is 2.18. The van der Waals surface area contributed by atoms with Gasteiger partial charge >= 0.3 is 0 Å². The number of aliphatic hydroxyl groups excluding tert-OH is 1. The topological polar surface area (TPSA) is 126 Å². The van der Waals surface area contributed by atoms with E-state index < -0.39 is 23.8 Å². The lowest BCUT2D eigenvalue weighted by atomic mass is 10.3. The van der Waals surface area contributed by atoms with Crippen LogP contribution in [0, 0.1) is 0 Å². The molecule has 0 aliphatic rings. The first-order valence-electron chi connectivity index (χ1n) is 5.45. The van der Waals surface area contributed by atoms with Crippen LogP contribution in [0.5, 0.6) is 0 Å². The van der Waals surface area contributed by atoms with Crippen molar-refractivity contribution < 1.29 is 23.9 Å². The summed E-state index contributed by atoms with van der Waals surface area (Å²) in [7, 11) is 1.43. The number of nitrogens with one attached hydrogen (secondary N) is 1. The summed E-state index contributed by atoms with van der Waals surface area (Å²) in [4.78, 5) is 34.9. The Bertz CT molecular complexity index is 457. The molecule has 1 atom stereocenters. The molecule has 1 aromatic heterocycles. The number of primary amides is 1. The number of hydrogen-bond donors (Lipinski definition) is 3. The van der Waals surface area contributed by atoms with E-state index in [2.05, 4.69) is 5.32 Å². The van der Waals surface area contributed by atoms with Gasteiger partial charge in [0, 0.05) is 7.05 Å². The number of rotatable bonds is 6. The van der Waals surface area contributed by atoms with Crippen LogP contribution >= 0.6 is 0 Å². The van der Waals surface area contributed by atoms with Crippen LogP contribution in [-0.2, 0) is 9.59 Å². The number of hydrogen-bond acceptors (Lipinski definition) is 5. The second kappa shape index (κ2) is 6.55. The van der Waals surface area contributed by atoms with Crippen molar-refractivity contribution in [2.45, 2.75) is 6.10 Å². The van der Waals surface area contributed by atoms with Crippen molar-refractivity contribution in [2.24, 2.45) is 5.73 Å². The van der Waals surface area contributed by atoms with Crippen molar-refractivity contribution in [3.05, 3.63) is 24.2 Å². The summed E-state index contributed by atoms with van der Waals surface area (Å²) in [6.45, 7) is -0.526. The zero-order chi connectivity index (χ0) is 14.4. The van der Waals surface area contributed by atoms with Gasteiger partial charge in [-0.1, -0.05) is 0 Å². The van der Waals surface area contributed by atoms with Crippen LogP contribution in [0.15, 0.2) is 22.8 Å². The lowest BCUT2D eigenvalue weighted by Crippen LogP contribution is -2.44. The first-order chi connectivity index (χ1) is 8.91. The van der Waals surface area contributed by atoms with Gasteiger partial charge in [0.05, 0.1) is 19.4 Å². The van der Waals surface area contributed by atoms with Crippen molar-refractivity contribution in [1.29, 1.82) is 0 Å². The molecule has 0 radical (unpaired) electrons. The molecule has 0 bridgehead atoms. The highest BCUT2D eigenvalue weighted by atomic mass is 16.3. The molecule has 4 N–H and O–H groups in total. The van der Waals surface area contributed by atoms with Gasteiger partial charge in [-0.25, -0.2) is 0 Å². The van der Waals surface area contributed by atoms with Crippen molar-refractivity contribution in [3.8, 4) is 0 Å². The van der Waals surface area contributed by atoms with Crippen LogP contribution in [0.25, 0.3) is 0 Å². The summed E-state index contributed by atoms with van der Waals surface area (Å²) >= 11 is 0. The van der Waals surface area contributed by atoms with E-state index in [-0.39, 0.29) is 18.8 Å². The van der Waals surface area contributed by atoms with Gasteiger partial charge in [-0.3, -0.25) is 14.4 Å². The predicted octanol–water partition coefficient (Wildman–Crippen LogP) is -1.69. The Balaban J connectivity index is 2.40. The number of carbonyl (C=O) groups excluding carboxylic acids is 3. The van der Waals surface area contributed by atoms with E-state index in [4.69, 9.17) is 15.3 Å². The maximum Gasteiger partial charge on any atom is 0.289 e. The molecule has 0 spiro atoms. The Hall–Kier alpha value is -2.35. The molecule has 19 heavy (non-hydrogen) atoms. The van der Waals surface area contributed by atoms with Gasteiger partial charge in [-0.15, -0.1) is 0 Å². The Morgan fingerprint density at radius 2 is 2.21 bits per heavy atom. The Morgan fingerprint density at radius 1 is 1.53 bits per heavy atom. The fraction of sp³-hybridized carbons (Fsp3) is 0.364. The van der Waals surface area contributed by atoms with Gasteiger partial charge in [-0.2, -0.15) is 0 Å². The lowest BCUT2D eigenvalue weighted by molar-refractivity contribution is -0.127. The van der Waals surface area contributed by atoms with Crippen LogP contribution in [0.1, 0.15) is 10.6 Å². The minimum atomic E-state index is -1.45. The molecular formula is C11H15N3O5. The van der Waals surface area contributed by atoms with E-state index in [1.165, 1.54) is 19.4 Å². The lowest BCUT2D eigenvalue weighted by Gasteiger charge is -2.16. The monoisotopic (exact) mass is 269 g/mol. The Labute approximate surface area is 109 Å². The summed E-state index contributed by atoms with van der Waals surface area (Å²) in [5, 5.41) is 11.4. The van der Waals surface area contributed by atoms with Crippen LogP contribution in [0.2, 0.25) is 0 Å². The largest absolute Gasteiger partial charge is 0.459 e. The molecule has 0 saturated carbocycles. The van der Waals surface area contributed by atoms with Gasteiger partial charge in [0.2, 0.25) is 11.8 Å². The maximum absolute atomic E-state index is 11.7. The highest BCUT2D eigenvalue weighted by molar-refractivity contribution is 5.94. The fourth-order valence-corrected chi connectivity index (χ4v) is 1.24. The molecule has 1 aromatic rings. The van der Waals surface area contributed by atoms with E-state index in [9.17, 15) is 14.4 Å². The summed E-state index contributed by atoms with van der Waals surface area (Å²) < 4.78 is 4.90. The third-order valence-corrected chi connectivity index (χ3v) is 2.28. The molecule has 1 unspecified atom stereocenters. The van der Waals surface area contributed by atoms with Crippen LogP contribution < -0.4 is 11.1 Å². The molecule has 0 aliphatic heterocycles. The molecule has 1 rings (SSSR count). The van der Waals surface area contributed by atoms with Crippen molar-refractivity contribution in [3.63, 3.8) is 0 Å². The summed E-state index contributed by atoms with van der Waals surface area (Å²) in [6.07, 6.45) is -0.0975. The van der Waals surface area contributed by atoms with Crippen LogP contribution in [0.3, 0.4) is 0 Å². The average Bonchev–Trinajstić information content (AvgIpc) is 2.88. The Kier molecular flexibility index (Phi) is 5.07. The van der Waals surface area contributed by atoms with E-state index in [0.717, 1.165) is 4.90 Å². The third-order valence-electron chi connectivity index (χ3n) is 2.28. The van der Waals surface area contributed by atoms with Gasteiger partial charge in [0.1, 0.15) is 6.10 Å². The van der Waals surface area contributed by atoms with E-state index >= 15 is 0 Å². The van der Waals surface area contributed by atoms with E-state index in [0.29, 0.717) is 0 Å². The van der Waals surface area contributed by atoms with E-state index in [1.54, 1.807) is 6.07 Å². The normalized spacial score (nSPS) is 11.7. The standard InChI is InChI=1S/C11H15N3O5/c1-14(11(18)8-3-2-4-19-8)6-9(16)13-5-7(15)10(12)17/h2-4,7,15H,5-6H2,1H3,(H2,12,17)(H,13,16). The van der Waals surface area contributed by atoms with Gasteiger partial charge in [0.25, 0.3) is 5.91 Å². The molecule has 0 fully saturated rings. The van der Waals surface area contributed by atoms with Crippen LogP contribution in [-0.4, -0.2) is 54.0 Å². The summed E-state index contributed by atoms with van der Waals surface area (Å²) in [6, 6.07) is 3.04. The SMILES string of the molecule is CN(CC(=O)NCC(O)C(N)=O)C(=O)c1ccco1. The van der Waals surface area contributed by atoms with Crippen molar-refractivity contribution >= 4 is 17.7 Å². The molecule has 0 aliphatic carbocycles. The number of nitrogens with zero attached hydrogens (tertiary/aromatic N) is 1. The molecule has 1 heterocycles.